The first-order chi connectivity index (χ1) is 16.2. The van der Waals surface area contributed by atoms with Crippen LogP contribution in [-0.2, 0) is 17.9 Å². The van der Waals surface area contributed by atoms with E-state index in [0.717, 1.165) is 44.0 Å². The first-order valence-electron chi connectivity index (χ1n) is 11.9. The van der Waals surface area contributed by atoms with Gasteiger partial charge in [0.25, 0.3) is 5.91 Å². The molecule has 0 radical (unpaired) electrons. The van der Waals surface area contributed by atoms with Crippen LogP contribution >= 0.6 is 24.0 Å². The fourth-order valence-corrected chi connectivity index (χ4v) is 4.16. The number of ether oxygens (including phenoxy) is 1. The molecule has 34 heavy (non-hydrogen) atoms. The molecule has 2 aromatic carbocycles. The van der Waals surface area contributed by atoms with E-state index in [4.69, 9.17) is 4.74 Å². The molecule has 1 atom stereocenters. The van der Waals surface area contributed by atoms with Crippen molar-refractivity contribution in [3.8, 4) is 5.75 Å². The smallest absolute Gasteiger partial charge is 0.258 e. The Morgan fingerprint density at radius 2 is 1.85 bits per heavy atom. The van der Waals surface area contributed by atoms with E-state index >= 15 is 0 Å². The van der Waals surface area contributed by atoms with Crippen LogP contribution in [0.15, 0.2) is 59.6 Å². The van der Waals surface area contributed by atoms with E-state index in [1.165, 1.54) is 18.4 Å². The van der Waals surface area contributed by atoms with Crippen LogP contribution in [0.5, 0.6) is 5.75 Å². The molecule has 0 bridgehead atoms. The number of aliphatic imine (C=N–C) groups is 1. The molecular weight excluding hydrogens is 541 g/mol. The fourth-order valence-electron chi connectivity index (χ4n) is 4.16. The molecule has 4 rings (SSSR count). The van der Waals surface area contributed by atoms with Crippen LogP contribution in [-0.4, -0.2) is 55.6 Å². The molecule has 1 heterocycles. The number of likely N-dealkylation sites (tertiary alicyclic amines) is 1. The Hall–Kier alpha value is -2.33. The lowest BCUT2D eigenvalue weighted by Gasteiger charge is -2.25. The zero-order chi connectivity index (χ0) is 22.9. The van der Waals surface area contributed by atoms with Gasteiger partial charge < -0.3 is 20.7 Å². The molecule has 2 aromatic rings. The number of nitrogens with one attached hydrogen (secondary N) is 3. The van der Waals surface area contributed by atoms with Crippen molar-refractivity contribution in [3.63, 3.8) is 0 Å². The molecule has 1 unspecified atom stereocenters. The third kappa shape index (κ3) is 8.47. The van der Waals surface area contributed by atoms with Crippen LogP contribution in [0.4, 0.5) is 0 Å². The predicted molar refractivity (Wildman–Crippen MR) is 147 cm³/mol. The van der Waals surface area contributed by atoms with Gasteiger partial charge in [-0.3, -0.25) is 14.7 Å². The Morgan fingerprint density at radius 3 is 2.62 bits per heavy atom. The van der Waals surface area contributed by atoms with Crippen molar-refractivity contribution in [1.82, 2.24) is 20.9 Å². The van der Waals surface area contributed by atoms with Gasteiger partial charge in [0.15, 0.2) is 12.6 Å². The highest BCUT2D eigenvalue weighted by molar-refractivity contribution is 14.0. The lowest BCUT2D eigenvalue weighted by molar-refractivity contribution is -0.123. The molecule has 1 saturated carbocycles. The van der Waals surface area contributed by atoms with Crippen LogP contribution in [0.3, 0.4) is 0 Å². The molecule has 8 heteroatoms. The number of rotatable bonds is 10. The topological polar surface area (TPSA) is 78.0 Å². The predicted octanol–water partition coefficient (Wildman–Crippen LogP) is 3.29. The maximum atomic E-state index is 11.8. The fraction of sp³-hybridized carbons (Fsp3) is 0.462. The molecule has 2 fully saturated rings. The van der Waals surface area contributed by atoms with Crippen molar-refractivity contribution in [1.29, 1.82) is 0 Å². The van der Waals surface area contributed by atoms with Crippen LogP contribution in [0.1, 0.15) is 36.8 Å². The number of hydrogen-bond donors (Lipinski definition) is 3. The van der Waals surface area contributed by atoms with E-state index in [1.807, 2.05) is 24.3 Å². The van der Waals surface area contributed by atoms with Gasteiger partial charge in [-0.25, -0.2) is 0 Å². The van der Waals surface area contributed by atoms with Crippen molar-refractivity contribution in [2.75, 3.05) is 26.7 Å². The van der Waals surface area contributed by atoms with Gasteiger partial charge in [-0.15, -0.1) is 24.0 Å². The lowest BCUT2D eigenvalue weighted by Crippen LogP contribution is -2.44. The van der Waals surface area contributed by atoms with Crippen molar-refractivity contribution in [3.05, 3.63) is 65.7 Å². The van der Waals surface area contributed by atoms with Gasteiger partial charge in [0.2, 0.25) is 0 Å². The average Bonchev–Trinajstić information content (AvgIpc) is 3.55. The number of halogens is 1. The lowest BCUT2D eigenvalue weighted by atomic mass is 10.2. The summed E-state index contributed by atoms with van der Waals surface area (Å²) >= 11 is 0. The summed E-state index contributed by atoms with van der Waals surface area (Å²) in [6.07, 6.45) is 4.59. The molecule has 184 valence electrons. The van der Waals surface area contributed by atoms with E-state index < -0.39 is 0 Å². The van der Waals surface area contributed by atoms with Crippen LogP contribution in [0, 0.1) is 0 Å². The summed E-state index contributed by atoms with van der Waals surface area (Å²) in [6, 6.07) is 19.3. The summed E-state index contributed by atoms with van der Waals surface area (Å²) in [5.74, 6) is 1.43. The maximum Gasteiger partial charge on any atom is 0.258 e. The Kier molecular flexibility index (Phi) is 10.5. The van der Waals surface area contributed by atoms with Crippen molar-refractivity contribution in [2.24, 2.45) is 4.99 Å². The highest BCUT2D eigenvalue weighted by atomic mass is 127. The maximum absolute atomic E-state index is 11.8. The van der Waals surface area contributed by atoms with E-state index in [-0.39, 0.29) is 36.5 Å². The minimum Gasteiger partial charge on any atom is -0.484 e. The van der Waals surface area contributed by atoms with Crippen molar-refractivity contribution >= 4 is 35.8 Å². The van der Waals surface area contributed by atoms with Gasteiger partial charge in [-0.05, 0) is 55.5 Å². The summed E-state index contributed by atoms with van der Waals surface area (Å²) in [7, 11) is 1.80. The molecule has 1 aliphatic heterocycles. The molecule has 1 amide bonds. The Labute approximate surface area is 219 Å². The number of guanidine groups is 1. The second-order valence-corrected chi connectivity index (χ2v) is 8.84. The molecule has 1 aliphatic carbocycles. The number of carbonyl (C=O) groups is 1. The zero-order valence-corrected chi connectivity index (χ0v) is 22.2. The van der Waals surface area contributed by atoms with Gasteiger partial charge in [-0.1, -0.05) is 42.5 Å². The minimum atomic E-state index is -0.0566. The largest absolute Gasteiger partial charge is 0.484 e. The standard InChI is InChI=1S/C26H35N5O2.HI/c1-27-26(29-17-23-10-6-14-31(23)18-20-7-3-2-4-8-20)28-16-21-9-5-11-24(15-21)33-19-25(32)30-22-12-13-22;/h2-5,7-9,11,15,22-23H,6,10,12-14,16-19H2,1H3,(H,30,32)(H2,27,28,29);1H. The summed E-state index contributed by atoms with van der Waals surface area (Å²) < 4.78 is 5.65. The monoisotopic (exact) mass is 577 g/mol. The Bertz CT molecular complexity index is 936. The first-order valence-corrected chi connectivity index (χ1v) is 11.9. The van der Waals surface area contributed by atoms with Gasteiger partial charge in [-0.2, -0.15) is 0 Å². The SMILES string of the molecule is CN=C(NCc1cccc(OCC(=O)NC2CC2)c1)NCC1CCCN1Cc1ccccc1.I. The number of carbonyl (C=O) groups excluding carboxylic acids is 1. The van der Waals surface area contributed by atoms with Crippen LogP contribution < -0.4 is 20.7 Å². The molecule has 0 aromatic heterocycles. The van der Waals surface area contributed by atoms with Gasteiger partial charge in [0.05, 0.1) is 0 Å². The van der Waals surface area contributed by atoms with Crippen molar-refractivity contribution < 1.29 is 9.53 Å². The highest BCUT2D eigenvalue weighted by Crippen LogP contribution is 2.20. The van der Waals surface area contributed by atoms with Crippen LogP contribution in [0.25, 0.3) is 0 Å². The highest BCUT2D eigenvalue weighted by Gasteiger charge is 2.25. The zero-order valence-electron chi connectivity index (χ0n) is 19.8. The number of benzene rings is 2. The molecular formula is C26H36IN5O2. The van der Waals surface area contributed by atoms with E-state index in [2.05, 4.69) is 56.2 Å². The second-order valence-electron chi connectivity index (χ2n) is 8.84. The number of nitrogens with zero attached hydrogens (tertiary/aromatic N) is 2. The Morgan fingerprint density at radius 1 is 1.06 bits per heavy atom. The van der Waals surface area contributed by atoms with Gasteiger partial charge in [0.1, 0.15) is 5.75 Å². The number of hydrogen-bond acceptors (Lipinski definition) is 4. The van der Waals surface area contributed by atoms with E-state index in [9.17, 15) is 4.79 Å². The first kappa shape index (κ1) is 26.3. The van der Waals surface area contributed by atoms with E-state index in [1.54, 1.807) is 7.05 Å². The summed E-state index contributed by atoms with van der Waals surface area (Å²) in [5, 5.41) is 9.81. The summed E-state index contributed by atoms with van der Waals surface area (Å²) in [6.45, 7) is 3.68. The molecule has 7 nitrogen and oxygen atoms in total. The third-order valence-electron chi connectivity index (χ3n) is 6.13. The summed E-state index contributed by atoms with van der Waals surface area (Å²) in [5.41, 5.74) is 2.43. The normalized spacial score (nSPS) is 18.1. The Balaban J connectivity index is 0.00000324. The third-order valence-corrected chi connectivity index (χ3v) is 6.13. The summed E-state index contributed by atoms with van der Waals surface area (Å²) in [4.78, 5) is 18.8. The van der Waals surface area contributed by atoms with Crippen molar-refractivity contribution in [2.45, 2.75) is 50.9 Å². The van der Waals surface area contributed by atoms with Gasteiger partial charge >= 0.3 is 0 Å². The van der Waals surface area contributed by atoms with Gasteiger partial charge in [0, 0.05) is 38.8 Å². The van der Waals surface area contributed by atoms with Crippen LogP contribution in [0.2, 0.25) is 0 Å². The number of amides is 1. The molecule has 1 saturated heterocycles. The molecule has 0 spiro atoms. The minimum absolute atomic E-state index is 0. The quantitative estimate of drug-likeness (QED) is 0.230. The molecule has 3 N–H and O–H groups in total. The molecule has 2 aliphatic rings. The van der Waals surface area contributed by atoms with E-state index in [0.29, 0.717) is 24.4 Å². The second kappa shape index (κ2) is 13.5. The average molecular weight is 578 g/mol.